The van der Waals surface area contributed by atoms with Gasteiger partial charge in [0, 0.05) is 17.8 Å². The number of sulfonamides is 1. The van der Waals surface area contributed by atoms with E-state index in [0.717, 1.165) is 0 Å². The summed E-state index contributed by atoms with van der Waals surface area (Å²) >= 11 is 0. The summed E-state index contributed by atoms with van der Waals surface area (Å²) in [4.78, 5) is 36.5. The summed E-state index contributed by atoms with van der Waals surface area (Å²) in [6, 6.07) is 12.2. The largest absolute Gasteiger partial charge is 0.377 e. The summed E-state index contributed by atoms with van der Waals surface area (Å²) < 4.78 is 40.7. The van der Waals surface area contributed by atoms with E-state index in [2.05, 4.69) is 20.7 Å². The number of nitrogens with one attached hydrogen (secondary N) is 4. The van der Waals surface area contributed by atoms with Gasteiger partial charge in [-0.25, -0.2) is 17.6 Å². The highest BCUT2D eigenvalue weighted by molar-refractivity contribution is 7.91. The predicted molar refractivity (Wildman–Crippen MR) is 137 cm³/mol. The fraction of sp³-hybridized carbons (Fsp3) is 0.320. The molecule has 1 fully saturated rings. The number of benzene rings is 2. The van der Waals surface area contributed by atoms with Gasteiger partial charge >= 0.3 is 6.03 Å². The van der Waals surface area contributed by atoms with Gasteiger partial charge in [-0.1, -0.05) is 30.3 Å². The maximum atomic E-state index is 13.4. The second kappa shape index (κ2) is 10.5. The molecule has 9 nitrogen and oxygen atoms in total. The lowest BCUT2D eigenvalue weighted by molar-refractivity contribution is 0.243. The molecule has 0 heterocycles. The third-order valence-electron chi connectivity index (χ3n) is 6.19. The Bertz CT molecular complexity index is 1430. The van der Waals surface area contributed by atoms with Crippen LogP contribution in [0.2, 0.25) is 0 Å². The average molecular weight is 515 g/mol. The number of rotatable bonds is 8. The Kier molecular flexibility index (Phi) is 7.39. The molecule has 0 bridgehead atoms. The van der Waals surface area contributed by atoms with Crippen LogP contribution in [0.15, 0.2) is 58.1 Å². The van der Waals surface area contributed by atoms with Gasteiger partial charge in [0.2, 0.25) is 10.0 Å². The number of halogens is 1. The van der Waals surface area contributed by atoms with E-state index >= 15 is 0 Å². The molecule has 11 heteroatoms. The minimum atomic E-state index is -3.87. The molecule has 0 aromatic heterocycles. The van der Waals surface area contributed by atoms with Gasteiger partial charge in [0.25, 0.3) is 10.9 Å². The molecular formula is C25H27FN4O5S. The van der Waals surface area contributed by atoms with Crippen LogP contribution in [0.1, 0.15) is 36.8 Å². The van der Waals surface area contributed by atoms with Crippen LogP contribution in [-0.4, -0.2) is 26.5 Å². The maximum absolute atomic E-state index is 13.4. The Morgan fingerprint density at radius 1 is 0.944 bits per heavy atom. The molecule has 36 heavy (non-hydrogen) atoms. The van der Waals surface area contributed by atoms with Crippen LogP contribution < -0.4 is 31.5 Å². The molecule has 4 N–H and O–H groups in total. The smallest absolute Gasteiger partial charge is 0.319 e. The Morgan fingerprint density at radius 2 is 1.58 bits per heavy atom. The number of anilines is 3. The number of hydrogen-bond acceptors (Lipinski definition) is 6. The van der Waals surface area contributed by atoms with E-state index in [1.54, 1.807) is 43.3 Å². The van der Waals surface area contributed by atoms with E-state index in [-0.39, 0.29) is 35.0 Å². The van der Waals surface area contributed by atoms with Crippen molar-refractivity contribution >= 4 is 33.1 Å². The average Bonchev–Trinajstić information content (AvgIpc) is 2.84. The molecule has 0 unspecified atom stereocenters. The number of aryl methyl sites for hydroxylation is 1. The summed E-state index contributed by atoms with van der Waals surface area (Å²) in [5.41, 5.74) is -0.382. The van der Waals surface area contributed by atoms with Gasteiger partial charge < -0.3 is 16.0 Å². The number of urea groups is 1. The Labute approximate surface area is 207 Å². The molecule has 1 aliphatic carbocycles. The highest BCUT2D eigenvalue weighted by Gasteiger charge is 2.29. The van der Waals surface area contributed by atoms with Crippen molar-refractivity contribution in [2.45, 2.75) is 50.4 Å². The summed E-state index contributed by atoms with van der Waals surface area (Å²) in [5.74, 6) is -0.664. The minimum Gasteiger partial charge on any atom is -0.377 e. The lowest BCUT2D eigenvalue weighted by atomic mass is 9.91. The molecule has 1 saturated carbocycles. The van der Waals surface area contributed by atoms with Crippen molar-refractivity contribution in [2.75, 3.05) is 15.4 Å². The normalized spacial score (nSPS) is 17.9. The molecule has 3 aromatic carbocycles. The van der Waals surface area contributed by atoms with Gasteiger partial charge in [-0.3, -0.25) is 14.3 Å². The lowest BCUT2D eigenvalue weighted by Gasteiger charge is -2.31. The maximum Gasteiger partial charge on any atom is 0.319 e. The molecule has 0 radical (unpaired) electrons. The van der Waals surface area contributed by atoms with Crippen molar-refractivity contribution < 1.29 is 17.6 Å². The summed E-state index contributed by atoms with van der Waals surface area (Å²) in [5, 5.41) is 8.59. The molecule has 0 spiro atoms. The van der Waals surface area contributed by atoms with E-state index in [1.807, 2.05) is 0 Å². The molecule has 3 aromatic rings. The van der Waals surface area contributed by atoms with E-state index in [1.165, 1.54) is 12.1 Å². The fourth-order valence-electron chi connectivity index (χ4n) is 4.27. The zero-order valence-corrected chi connectivity index (χ0v) is 20.5. The van der Waals surface area contributed by atoms with Crippen LogP contribution in [0.4, 0.5) is 26.2 Å². The van der Waals surface area contributed by atoms with Crippen LogP contribution in [-0.2, 0) is 15.8 Å². The first-order valence-corrected chi connectivity index (χ1v) is 13.2. The molecule has 4 rings (SSSR count). The molecule has 0 aliphatic heterocycles. The third-order valence-corrected chi connectivity index (χ3v) is 7.42. The zero-order chi connectivity index (χ0) is 25.9. The monoisotopic (exact) mass is 514 g/mol. The molecule has 0 atom stereocenters. The highest BCUT2D eigenvalue weighted by Crippen LogP contribution is 2.25. The standard InChI is InChI=1S/C25H27FN4O5S/c1-15-13-19(11-12-20(15)26)29-25(33)28-18-9-7-17(8-10-18)27-21-22(24(32)23(21)31)30-36(34,35)14-16-5-3-2-4-6-16/h2-6,11-13,17-18,27,30H,7-10,14H2,1H3,(H2,28,29,33). The van der Waals surface area contributed by atoms with Crippen molar-refractivity contribution in [3.8, 4) is 0 Å². The van der Waals surface area contributed by atoms with E-state index in [0.29, 0.717) is 42.5 Å². The first kappa shape index (κ1) is 25.4. The molecular weight excluding hydrogens is 487 g/mol. The van der Waals surface area contributed by atoms with Crippen molar-refractivity contribution in [3.05, 3.63) is 85.9 Å². The van der Waals surface area contributed by atoms with Crippen LogP contribution in [0.25, 0.3) is 0 Å². The minimum absolute atomic E-state index is 0.0162. The quantitative estimate of drug-likeness (QED) is 0.341. The first-order chi connectivity index (χ1) is 17.1. The predicted octanol–water partition coefficient (Wildman–Crippen LogP) is 3.22. The van der Waals surface area contributed by atoms with Gasteiger partial charge in [-0.05, 0) is 61.9 Å². The highest BCUT2D eigenvalue weighted by atomic mass is 32.2. The van der Waals surface area contributed by atoms with Crippen molar-refractivity contribution in [1.29, 1.82) is 0 Å². The van der Waals surface area contributed by atoms with Gasteiger partial charge in [0.1, 0.15) is 17.2 Å². The number of hydrogen-bond donors (Lipinski definition) is 4. The molecule has 0 saturated heterocycles. The van der Waals surface area contributed by atoms with Gasteiger partial charge in [-0.2, -0.15) is 0 Å². The molecule has 2 amide bonds. The Morgan fingerprint density at radius 3 is 2.25 bits per heavy atom. The van der Waals surface area contributed by atoms with Crippen molar-refractivity contribution in [2.24, 2.45) is 0 Å². The molecule has 1 aliphatic rings. The topological polar surface area (TPSA) is 133 Å². The van der Waals surface area contributed by atoms with Crippen molar-refractivity contribution in [3.63, 3.8) is 0 Å². The SMILES string of the molecule is Cc1cc(NC(=O)NC2CCC(Nc3c(NS(=O)(=O)Cc4ccccc4)c(=O)c3=O)CC2)ccc1F. The second-order valence-electron chi connectivity index (χ2n) is 9.01. The number of carbonyl (C=O) groups is 1. The van der Waals surface area contributed by atoms with Crippen LogP contribution in [0.5, 0.6) is 0 Å². The van der Waals surface area contributed by atoms with E-state index < -0.39 is 26.9 Å². The zero-order valence-electron chi connectivity index (χ0n) is 19.6. The number of amides is 2. The van der Waals surface area contributed by atoms with Crippen LogP contribution in [0.3, 0.4) is 0 Å². The van der Waals surface area contributed by atoms with E-state index in [9.17, 15) is 27.2 Å². The first-order valence-electron chi connectivity index (χ1n) is 11.6. The Balaban J connectivity index is 1.29. The summed E-state index contributed by atoms with van der Waals surface area (Å²) in [7, 11) is -3.87. The summed E-state index contributed by atoms with van der Waals surface area (Å²) in [6.07, 6.45) is 2.46. The van der Waals surface area contributed by atoms with Crippen LogP contribution in [0, 0.1) is 12.7 Å². The van der Waals surface area contributed by atoms with Gasteiger partial charge in [-0.15, -0.1) is 0 Å². The third kappa shape index (κ3) is 6.09. The van der Waals surface area contributed by atoms with Gasteiger partial charge in [0.15, 0.2) is 0 Å². The van der Waals surface area contributed by atoms with E-state index in [4.69, 9.17) is 0 Å². The van der Waals surface area contributed by atoms with Crippen LogP contribution >= 0.6 is 0 Å². The molecule has 190 valence electrons. The number of carbonyl (C=O) groups excluding carboxylic acids is 1. The fourth-order valence-corrected chi connectivity index (χ4v) is 5.48. The van der Waals surface area contributed by atoms with Gasteiger partial charge in [0.05, 0.1) is 5.75 Å². The lowest BCUT2D eigenvalue weighted by Crippen LogP contribution is -2.44. The second-order valence-corrected chi connectivity index (χ2v) is 10.7. The Hall–Kier alpha value is -3.73. The summed E-state index contributed by atoms with van der Waals surface area (Å²) in [6.45, 7) is 1.61. The van der Waals surface area contributed by atoms with Crippen molar-refractivity contribution in [1.82, 2.24) is 5.32 Å².